The van der Waals surface area contributed by atoms with Gasteiger partial charge >= 0.3 is 11.9 Å². The largest absolute Gasteiger partial charge is 0.462 e. The highest BCUT2D eigenvalue weighted by Crippen LogP contribution is 2.47. The van der Waals surface area contributed by atoms with Crippen LogP contribution in [0, 0.1) is 23.2 Å². The van der Waals surface area contributed by atoms with Gasteiger partial charge in [0.25, 0.3) is 0 Å². The normalized spacial score (nSPS) is 30.4. The van der Waals surface area contributed by atoms with Crippen LogP contribution in [-0.4, -0.2) is 53.0 Å². The van der Waals surface area contributed by atoms with Gasteiger partial charge in [0, 0.05) is 18.8 Å². The molecule has 0 bridgehead atoms. The van der Waals surface area contributed by atoms with Crippen LogP contribution in [0.3, 0.4) is 0 Å². The van der Waals surface area contributed by atoms with Gasteiger partial charge in [0.1, 0.15) is 12.2 Å². The van der Waals surface area contributed by atoms with Gasteiger partial charge in [0.2, 0.25) is 0 Å². The molecule has 2 aliphatic carbocycles. The number of fused-ring (bicyclic) bond motifs is 1. The first-order chi connectivity index (χ1) is 19.9. The zero-order valence-corrected chi connectivity index (χ0v) is 32.5. The summed E-state index contributed by atoms with van der Waals surface area (Å²) in [5.74, 6) is 0.393. The summed E-state index contributed by atoms with van der Waals surface area (Å²) in [5.41, 5.74) is 1.07. The van der Waals surface area contributed by atoms with Crippen LogP contribution in [0.5, 0.6) is 0 Å². The monoisotopic (exact) mass is 648 g/mol. The highest BCUT2D eigenvalue weighted by Gasteiger charge is 2.46. The first-order valence-corrected chi connectivity index (χ1v) is 22.8. The van der Waals surface area contributed by atoms with Gasteiger partial charge in [0.15, 0.2) is 16.6 Å². The number of carbonyl (C=O) groups is 2. The lowest BCUT2D eigenvalue weighted by atomic mass is 9.66. The van der Waals surface area contributed by atoms with Crippen molar-refractivity contribution in [3.05, 3.63) is 23.8 Å². The Labute approximate surface area is 271 Å². The van der Waals surface area contributed by atoms with Crippen LogP contribution in [0.4, 0.5) is 0 Å². The minimum absolute atomic E-state index is 0.0826. The highest BCUT2D eigenvalue weighted by molar-refractivity contribution is 6.74. The van der Waals surface area contributed by atoms with Gasteiger partial charge in [-0.05, 0) is 71.9 Å². The highest BCUT2D eigenvalue weighted by atomic mass is 28.4. The van der Waals surface area contributed by atoms with Gasteiger partial charge in [-0.15, -0.1) is 0 Å². The quantitative estimate of drug-likeness (QED) is 0.183. The Hall–Kier alpha value is -1.23. The molecule has 6 nitrogen and oxygen atoms in total. The van der Waals surface area contributed by atoms with Crippen molar-refractivity contribution in [1.29, 1.82) is 0 Å². The van der Waals surface area contributed by atoms with Crippen LogP contribution in [-0.2, 0) is 27.9 Å². The molecule has 0 radical (unpaired) electrons. The molecule has 44 heavy (non-hydrogen) atoms. The Kier molecular flexibility index (Phi) is 11.4. The van der Waals surface area contributed by atoms with Crippen molar-refractivity contribution in [1.82, 2.24) is 0 Å². The van der Waals surface area contributed by atoms with Crippen molar-refractivity contribution in [2.75, 3.05) is 0 Å². The zero-order chi connectivity index (χ0) is 33.5. The SMILES string of the molecule is CC1C=CC2=CC(O[Si](C)(C)C(C)(C)C)CC(OC(=O)CC(C)(C)C)C2C1CCC1CC(O[Si](C)(C)C(C)(C)C)CC(=O)O1. The van der Waals surface area contributed by atoms with E-state index < -0.39 is 16.6 Å². The van der Waals surface area contributed by atoms with Gasteiger partial charge < -0.3 is 18.3 Å². The molecule has 1 fully saturated rings. The Morgan fingerprint density at radius 1 is 0.909 bits per heavy atom. The Morgan fingerprint density at radius 2 is 1.50 bits per heavy atom. The second-order valence-electron chi connectivity index (χ2n) is 18.1. The molecule has 0 spiro atoms. The van der Waals surface area contributed by atoms with Gasteiger partial charge in [-0.3, -0.25) is 9.59 Å². The smallest absolute Gasteiger partial charge is 0.308 e. The average Bonchev–Trinajstić information content (AvgIpc) is 2.80. The van der Waals surface area contributed by atoms with Gasteiger partial charge in [-0.25, -0.2) is 0 Å². The number of esters is 2. The Bertz CT molecular complexity index is 1090. The summed E-state index contributed by atoms with van der Waals surface area (Å²) in [4.78, 5) is 25.9. The van der Waals surface area contributed by atoms with Crippen molar-refractivity contribution in [3.63, 3.8) is 0 Å². The molecule has 1 aliphatic heterocycles. The molecule has 1 heterocycles. The molecule has 7 unspecified atom stereocenters. The number of allylic oxidation sites excluding steroid dienone is 2. The zero-order valence-electron chi connectivity index (χ0n) is 30.5. The molecule has 0 saturated carbocycles. The molecular formula is C36H64O6Si2. The number of hydrogen-bond acceptors (Lipinski definition) is 6. The van der Waals surface area contributed by atoms with Gasteiger partial charge in [-0.1, -0.05) is 87.5 Å². The molecule has 0 amide bonds. The molecule has 8 heteroatoms. The van der Waals surface area contributed by atoms with Crippen LogP contribution in [0.1, 0.15) is 108 Å². The van der Waals surface area contributed by atoms with Gasteiger partial charge in [-0.2, -0.15) is 0 Å². The fourth-order valence-electron chi connectivity index (χ4n) is 6.33. The lowest BCUT2D eigenvalue weighted by molar-refractivity contribution is -0.161. The van der Waals surface area contributed by atoms with E-state index in [9.17, 15) is 9.59 Å². The summed E-state index contributed by atoms with van der Waals surface area (Å²) >= 11 is 0. The van der Waals surface area contributed by atoms with E-state index in [-0.39, 0.29) is 63.7 Å². The molecular weight excluding hydrogens is 585 g/mol. The predicted octanol–water partition coefficient (Wildman–Crippen LogP) is 9.37. The van der Waals surface area contributed by atoms with E-state index in [1.54, 1.807) is 0 Å². The lowest BCUT2D eigenvalue weighted by Crippen LogP contribution is -2.48. The minimum atomic E-state index is -2.03. The lowest BCUT2D eigenvalue weighted by Gasteiger charge is -2.46. The Morgan fingerprint density at radius 3 is 2.07 bits per heavy atom. The maximum atomic E-state index is 13.2. The molecule has 0 aromatic heterocycles. The van der Waals surface area contributed by atoms with E-state index in [4.69, 9.17) is 18.3 Å². The summed E-state index contributed by atoms with van der Waals surface area (Å²) in [6, 6.07) is 0. The summed E-state index contributed by atoms with van der Waals surface area (Å²) in [6.07, 6.45) is 10.1. The van der Waals surface area contributed by atoms with Crippen LogP contribution < -0.4 is 0 Å². The molecule has 7 atom stereocenters. The van der Waals surface area contributed by atoms with Crippen molar-refractivity contribution in [2.45, 2.75) is 168 Å². The first kappa shape index (κ1) is 37.2. The van der Waals surface area contributed by atoms with E-state index in [0.717, 1.165) is 19.3 Å². The maximum absolute atomic E-state index is 13.2. The van der Waals surface area contributed by atoms with Crippen LogP contribution in [0.15, 0.2) is 23.8 Å². The second kappa shape index (κ2) is 13.5. The number of cyclic esters (lactones) is 1. The number of ether oxygens (including phenoxy) is 2. The molecule has 252 valence electrons. The van der Waals surface area contributed by atoms with E-state index in [1.165, 1.54) is 5.57 Å². The summed E-state index contributed by atoms with van der Waals surface area (Å²) in [5, 5.41) is 0.173. The molecule has 1 saturated heterocycles. The Balaban J connectivity index is 1.82. The predicted molar refractivity (Wildman–Crippen MR) is 184 cm³/mol. The van der Waals surface area contributed by atoms with Crippen molar-refractivity contribution in [3.8, 4) is 0 Å². The maximum Gasteiger partial charge on any atom is 0.308 e. The topological polar surface area (TPSA) is 71.1 Å². The third-order valence-electron chi connectivity index (χ3n) is 10.9. The van der Waals surface area contributed by atoms with Crippen molar-refractivity contribution < 1.29 is 27.9 Å². The third kappa shape index (κ3) is 9.65. The second-order valence-corrected chi connectivity index (χ2v) is 27.6. The molecule has 3 rings (SSSR count). The number of hydrogen-bond donors (Lipinski definition) is 0. The third-order valence-corrected chi connectivity index (χ3v) is 19.9. The standard InChI is InChI=1S/C36H64O6Si2/c1-24-15-16-25-19-27(41-43(11,12)35(5,6)7)21-30(40-32(38)23-34(2,3)4)33(25)29(24)18-17-26-20-28(22-31(37)39-26)42-44(13,14)36(8,9)10/h15-16,19,24,26-30,33H,17-18,20-23H2,1-14H3. The van der Waals surface area contributed by atoms with E-state index in [2.05, 4.69) is 114 Å². The summed E-state index contributed by atoms with van der Waals surface area (Å²) < 4.78 is 25.8. The van der Waals surface area contributed by atoms with Crippen LogP contribution >= 0.6 is 0 Å². The summed E-state index contributed by atoms with van der Waals surface area (Å²) in [7, 11) is -4.03. The van der Waals surface area contributed by atoms with Crippen molar-refractivity contribution in [2.24, 2.45) is 23.2 Å². The fraction of sp³-hybridized carbons (Fsp3) is 0.833. The average molecular weight is 649 g/mol. The van der Waals surface area contributed by atoms with Gasteiger partial charge in [0.05, 0.1) is 25.0 Å². The number of carbonyl (C=O) groups excluding carboxylic acids is 2. The molecule has 3 aliphatic rings. The van der Waals surface area contributed by atoms with E-state index in [0.29, 0.717) is 25.2 Å². The first-order valence-electron chi connectivity index (χ1n) is 17.0. The molecule has 0 aromatic rings. The van der Waals surface area contributed by atoms with E-state index >= 15 is 0 Å². The molecule has 0 N–H and O–H groups in total. The van der Waals surface area contributed by atoms with E-state index in [1.807, 2.05) is 0 Å². The molecule has 0 aromatic carbocycles. The van der Waals surface area contributed by atoms with Crippen molar-refractivity contribution >= 4 is 28.6 Å². The fourth-order valence-corrected chi connectivity index (χ4v) is 8.98. The van der Waals surface area contributed by atoms with Crippen LogP contribution in [0.25, 0.3) is 0 Å². The summed E-state index contributed by atoms with van der Waals surface area (Å²) in [6.45, 7) is 31.0. The minimum Gasteiger partial charge on any atom is -0.462 e. The number of rotatable bonds is 9. The van der Waals surface area contributed by atoms with Crippen LogP contribution in [0.2, 0.25) is 36.3 Å².